The van der Waals surface area contributed by atoms with E-state index in [9.17, 15) is 0 Å². The zero-order chi connectivity index (χ0) is 16.2. The minimum Gasteiger partial charge on any atom is -0.478 e. The summed E-state index contributed by atoms with van der Waals surface area (Å²) in [6, 6.07) is 9.88. The Morgan fingerprint density at radius 1 is 1.21 bits per heavy atom. The molecule has 2 aliphatic heterocycles. The predicted molar refractivity (Wildman–Crippen MR) is 90.7 cm³/mol. The third-order valence-corrected chi connectivity index (χ3v) is 5.07. The van der Waals surface area contributed by atoms with Gasteiger partial charge in [0.2, 0.25) is 5.88 Å². The van der Waals surface area contributed by atoms with Crippen LogP contribution in [0.1, 0.15) is 18.4 Å². The molecule has 0 N–H and O–H groups in total. The number of ether oxygens (including phenoxy) is 2. The highest BCUT2D eigenvalue weighted by Gasteiger charge is 2.52. The van der Waals surface area contributed by atoms with Crippen molar-refractivity contribution < 1.29 is 9.47 Å². The zero-order valence-corrected chi connectivity index (χ0v) is 13.8. The van der Waals surface area contributed by atoms with Gasteiger partial charge in [-0.3, -0.25) is 9.88 Å². The van der Waals surface area contributed by atoms with Gasteiger partial charge in [-0.05, 0) is 36.5 Å². The van der Waals surface area contributed by atoms with Gasteiger partial charge in [0, 0.05) is 50.9 Å². The van der Waals surface area contributed by atoms with Crippen molar-refractivity contribution in [2.24, 2.45) is 5.92 Å². The van der Waals surface area contributed by atoms with Crippen LogP contribution in [-0.2, 0) is 11.3 Å². The van der Waals surface area contributed by atoms with Gasteiger partial charge in [0.05, 0.1) is 12.2 Å². The molecule has 2 aromatic heterocycles. The van der Waals surface area contributed by atoms with Crippen molar-refractivity contribution in [2.75, 3.05) is 26.3 Å². The lowest BCUT2D eigenvalue weighted by Crippen LogP contribution is -2.64. The molecule has 0 saturated carbocycles. The molecule has 0 aliphatic carbocycles. The lowest BCUT2D eigenvalue weighted by atomic mass is 9.79. The number of nitrogens with zero attached hydrogens (tertiary/aromatic N) is 3. The molecule has 1 atom stereocenters. The van der Waals surface area contributed by atoms with E-state index in [4.69, 9.17) is 9.47 Å². The molecule has 4 heterocycles. The fourth-order valence-corrected chi connectivity index (χ4v) is 3.85. The third kappa shape index (κ3) is 3.28. The van der Waals surface area contributed by atoms with E-state index in [-0.39, 0.29) is 5.60 Å². The highest BCUT2D eigenvalue weighted by atomic mass is 16.5. The van der Waals surface area contributed by atoms with Crippen molar-refractivity contribution in [3.8, 4) is 5.88 Å². The summed E-state index contributed by atoms with van der Waals surface area (Å²) in [6.45, 7) is 4.55. The normalized spacial score (nSPS) is 22.4. The van der Waals surface area contributed by atoms with Crippen LogP contribution in [0.5, 0.6) is 5.88 Å². The maximum absolute atomic E-state index is 6.13. The maximum Gasteiger partial charge on any atom is 0.213 e. The molecular weight excluding hydrogens is 302 g/mol. The average Bonchev–Trinajstić information content (AvgIpc) is 3.00. The summed E-state index contributed by atoms with van der Waals surface area (Å²) in [5.74, 6) is 1.28. The van der Waals surface area contributed by atoms with Gasteiger partial charge in [-0.2, -0.15) is 0 Å². The topological polar surface area (TPSA) is 47.5 Å². The van der Waals surface area contributed by atoms with E-state index < -0.39 is 0 Å². The summed E-state index contributed by atoms with van der Waals surface area (Å²) in [4.78, 5) is 10.8. The maximum atomic E-state index is 6.13. The Kier molecular flexibility index (Phi) is 4.45. The van der Waals surface area contributed by atoms with E-state index >= 15 is 0 Å². The second-order valence-electron chi connectivity index (χ2n) is 6.71. The van der Waals surface area contributed by atoms with Crippen molar-refractivity contribution in [3.05, 3.63) is 54.5 Å². The molecule has 5 nitrogen and oxygen atoms in total. The first-order valence-electron chi connectivity index (χ1n) is 8.63. The molecule has 1 spiro atoms. The largest absolute Gasteiger partial charge is 0.478 e. The molecule has 0 radical (unpaired) electrons. The number of aromatic nitrogens is 2. The molecule has 0 unspecified atom stereocenters. The molecule has 24 heavy (non-hydrogen) atoms. The molecule has 0 bridgehead atoms. The molecule has 126 valence electrons. The van der Waals surface area contributed by atoms with Crippen LogP contribution in [0.15, 0.2) is 48.9 Å². The smallest absolute Gasteiger partial charge is 0.213 e. The summed E-state index contributed by atoms with van der Waals surface area (Å²) in [6.07, 6.45) is 7.68. The lowest BCUT2D eigenvalue weighted by molar-refractivity contribution is -0.138. The standard InChI is InChI=1S/C19H23N3O2/c1-2-9-21-18(5-1)23-10-6-17-7-11-24-19(17)14-22(15-19)13-16-4-3-8-20-12-16/h1-5,8-9,12,17H,6-7,10-11,13-15H2/t17-/m0/s1. The summed E-state index contributed by atoms with van der Waals surface area (Å²) in [5, 5.41) is 0. The average molecular weight is 325 g/mol. The number of hydrogen-bond acceptors (Lipinski definition) is 5. The Morgan fingerprint density at radius 2 is 2.17 bits per heavy atom. The Bertz CT molecular complexity index is 644. The number of rotatable bonds is 6. The molecule has 2 fully saturated rings. The summed E-state index contributed by atoms with van der Waals surface area (Å²) in [7, 11) is 0. The molecule has 2 aromatic rings. The fourth-order valence-electron chi connectivity index (χ4n) is 3.85. The Hall–Kier alpha value is -1.98. The van der Waals surface area contributed by atoms with Crippen LogP contribution in [0.3, 0.4) is 0 Å². The zero-order valence-electron chi connectivity index (χ0n) is 13.8. The second kappa shape index (κ2) is 6.87. The number of pyridine rings is 2. The van der Waals surface area contributed by atoms with E-state index in [1.165, 1.54) is 5.56 Å². The Labute approximate surface area is 142 Å². The number of likely N-dealkylation sites (tertiary alicyclic amines) is 1. The van der Waals surface area contributed by atoms with Gasteiger partial charge < -0.3 is 9.47 Å². The van der Waals surface area contributed by atoms with Crippen molar-refractivity contribution in [2.45, 2.75) is 25.0 Å². The van der Waals surface area contributed by atoms with E-state index in [0.29, 0.717) is 18.4 Å². The Balaban J connectivity index is 1.27. The minimum atomic E-state index is 0.0374. The third-order valence-electron chi connectivity index (χ3n) is 5.07. The van der Waals surface area contributed by atoms with Crippen LogP contribution in [0.25, 0.3) is 0 Å². The quantitative estimate of drug-likeness (QED) is 0.817. The van der Waals surface area contributed by atoms with Crippen LogP contribution in [0.2, 0.25) is 0 Å². The predicted octanol–water partition coefficient (Wildman–Crippen LogP) is 2.54. The van der Waals surface area contributed by atoms with Gasteiger partial charge in [-0.1, -0.05) is 12.1 Å². The van der Waals surface area contributed by atoms with Gasteiger partial charge >= 0.3 is 0 Å². The Morgan fingerprint density at radius 3 is 2.96 bits per heavy atom. The first-order valence-corrected chi connectivity index (χ1v) is 8.63. The van der Waals surface area contributed by atoms with E-state index in [1.54, 1.807) is 6.20 Å². The molecule has 5 heteroatoms. The van der Waals surface area contributed by atoms with Crippen LogP contribution < -0.4 is 4.74 Å². The van der Waals surface area contributed by atoms with Crippen LogP contribution in [0, 0.1) is 5.92 Å². The molecular formula is C19H23N3O2. The number of hydrogen-bond donors (Lipinski definition) is 0. The van der Waals surface area contributed by atoms with Crippen molar-refractivity contribution in [1.29, 1.82) is 0 Å². The van der Waals surface area contributed by atoms with E-state index in [0.717, 1.165) is 39.1 Å². The molecule has 2 aliphatic rings. The molecule has 0 amide bonds. The van der Waals surface area contributed by atoms with Crippen molar-refractivity contribution >= 4 is 0 Å². The molecule has 0 aromatic carbocycles. The first kappa shape index (κ1) is 15.5. The SMILES string of the molecule is c1ccc(OCC[C@H]2CCOC23CN(Cc2cccnc2)C3)nc1. The van der Waals surface area contributed by atoms with E-state index in [1.807, 2.05) is 36.7 Å². The minimum absolute atomic E-state index is 0.0374. The van der Waals surface area contributed by atoms with Gasteiger partial charge in [0.25, 0.3) is 0 Å². The van der Waals surface area contributed by atoms with Crippen LogP contribution in [0.4, 0.5) is 0 Å². The highest BCUT2D eigenvalue weighted by Crippen LogP contribution is 2.42. The van der Waals surface area contributed by atoms with Gasteiger partial charge in [-0.15, -0.1) is 0 Å². The summed E-state index contributed by atoms with van der Waals surface area (Å²) in [5.41, 5.74) is 1.30. The second-order valence-corrected chi connectivity index (χ2v) is 6.71. The van der Waals surface area contributed by atoms with Gasteiger partial charge in [-0.25, -0.2) is 4.98 Å². The van der Waals surface area contributed by atoms with Crippen molar-refractivity contribution in [3.63, 3.8) is 0 Å². The van der Waals surface area contributed by atoms with Crippen molar-refractivity contribution in [1.82, 2.24) is 14.9 Å². The van der Waals surface area contributed by atoms with Gasteiger partial charge in [0.1, 0.15) is 0 Å². The monoisotopic (exact) mass is 325 g/mol. The summed E-state index contributed by atoms with van der Waals surface area (Å²) >= 11 is 0. The fraction of sp³-hybridized carbons (Fsp3) is 0.474. The highest BCUT2D eigenvalue weighted by molar-refractivity contribution is 5.12. The van der Waals surface area contributed by atoms with Gasteiger partial charge in [0.15, 0.2) is 0 Å². The van der Waals surface area contributed by atoms with E-state index in [2.05, 4.69) is 20.9 Å². The molecule has 2 saturated heterocycles. The first-order chi connectivity index (χ1) is 11.8. The van der Waals surface area contributed by atoms with Crippen LogP contribution in [-0.4, -0.2) is 46.8 Å². The summed E-state index contributed by atoms with van der Waals surface area (Å²) < 4.78 is 11.9. The van der Waals surface area contributed by atoms with Crippen LogP contribution >= 0.6 is 0 Å². The molecule has 4 rings (SSSR count). The lowest BCUT2D eigenvalue weighted by Gasteiger charge is -2.50.